The molecule has 2 aliphatic rings. The molecule has 11 radical (unpaired) electrons. The average molecular weight is 583 g/mol. The van der Waals surface area contributed by atoms with E-state index in [4.69, 9.17) is 0 Å². The van der Waals surface area contributed by atoms with Crippen molar-refractivity contribution in [1.82, 2.24) is 4.98 Å². The van der Waals surface area contributed by atoms with Crippen molar-refractivity contribution in [3.8, 4) is 0 Å². The van der Waals surface area contributed by atoms with Crippen LogP contribution in [0.2, 0.25) is 4.97 Å². The van der Waals surface area contributed by atoms with Crippen LogP contribution in [0.1, 0.15) is 69.2 Å². The largest absolute Gasteiger partial charge is 0.265 e. The van der Waals surface area contributed by atoms with Crippen LogP contribution in [0.25, 0.3) is 0 Å². The summed E-state index contributed by atoms with van der Waals surface area (Å²) in [6, 6.07) is 5.72. The molecule has 1 heterocycles. The molecule has 1 aromatic rings. The number of hydrogen-bond donors (Lipinski definition) is 0. The van der Waals surface area contributed by atoms with E-state index >= 15 is 0 Å². The van der Waals surface area contributed by atoms with E-state index in [0.717, 1.165) is 0 Å². The van der Waals surface area contributed by atoms with E-state index in [0.29, 0.717) is 0 Å². The van der Waals surface area contributed by atoms with E-state index in [1.165, 1.54) is 59.2 Å². The van der Waals surface area contributed by atoms with Crippen LogP contribution in [0.3, 0.4) is 0 Å². The molecule has 0 N–H and O–H groups in total. The van der Waals surface area contributed by atoms with Gasteiger partial charge < -0.3 is 0 Å². The van der Waals surface area contributed by atoms with E-state index in [1.54, 1.807) is 12.4 Å². The van der Waals surface area contributed by atoms with E-state index in [-0.39, 0.29) is 26.2 Å². The zero-order valence-corrected chi connectivity index (χ0v) is 25.0. The molecule has 157 valence electrons. The van der Waals surface area contributed by atoms with Gasteiger partial charge in [-0.3, -0.25) is 4.98 Å². The molecule has 1 nitrogen and oxygen atoms in total. The third kappa shape index (κ3) is 9.46. The van der Waals surface area contributed by atoms with Gasteiger partial charge in [-0.2, -0.15) is 0 Å². The van der Waals surface area contributed by atoms with E-state index in [2.05, 4.69) is 74.2 Å². The molecular weight excluding hydrogens is 545 g/mol. The molecule has 3 rings (SSSR count). The van der Waals surface area contributed by atoms with Gasteiger partial charge in [0.1, 0.15) is 0 Å². The van der Waals surface area contributed by atoms with Crippen LogP contribution >= 0.6 is 0 Å². The second-order valence-electron chi connectivity index (χ2n) is 7.27. The first-order valence-electron chi connectivity index (χ1n) is 9.76. The Balaban J connectivity index is 0. The zero-order valence-electron chi connectivity index (χ0n) is 20.2. The quantitative estimate of drug-likeness (QED) is 0.294. The van der Waals surface area contributed by atoms with Gasteiger partial charge in [-0.1, -0.05) is 75.3 Å². The molecule has 29 heavy (non-hydrogen) atoms. The van der Waals surface area contributed by atoms with Crippen LogP contribution in [0.5, 0.6) is 0 Å². The Morgan fingerprint density at radius 2 is 0.586 bits per heavy atom. The van der Waals surface area contributed by atoms with Gasteiger partial charge in [0.25, 0.3) is 0 Å². The van der Waals surface area contributed by atoms with Gasteiger partial charge in [-0.15, -0.1) is 0 Å². The second-order valence-corrected chi connectivity index (χ2v) is 7.27. The summed E-state index contributed by atoms with van der Waals surface area (Å²) in [5, 5.41) is 0. The number of aromatic nitrogens is 1. The van der Waals surface area contributed by atoms with Gasteiger partial charge in [0.2, 0.25) is 0 Å². The Bertz CT molecular complexity index is 350. The summed E-state index contributed by atoms with van der Waals surface area (Å²) in [6.07, 6.45) is 3.50. The minimum absolute atomic E-state index is 0. The Morgan fingerprint density at radius 3 is 0.655 bits per heavy atom. The molecule has 0 amide bonds. The molecule has 0 unspecified atom stereocenters. The van der Waals surface area contributed by atoms with Crippen LogP contribution < -0.4 is 0 Å². The van der Waals surface area contributed by atoms with Gasteiger partial charge in [0.05, 0.1) is 0 Å². The van der Waals surface area contributed by atoms with Crippen molar-refractivity contribution in [2.45, 2.75) is 74.2 Å². The first-order chi connectivity index (χ1) is 13.1. The molecule has 1 aromatic heterocycles. The summed E-state index contributed by atoms with van der Waals surface area (Å²) in [5.74, 6) is 14.7. The average Bonchev–Trinajstić information content (AvgIpc) is 3.02. The van der Waals surface area contributed by atoms with Crippen molar-refractivity contribution in [2.75, 3.05) is 0 Å². The molecular formula is C26H38NTeZr. The number of rotatable bonds is 0. The topological polar surface area (TPSA) is 12.9 Å². The fourth-order valence-corrected chi connectivity index (χ4v) is 3.13. The zero-order chi connectivity index (χ0) is 22.0. The minimum Gasteiger partial charge on any atom is -0.265 e. The summed E-state index contributed by atoms with van der Waals surface area (Å²) < 4.78 is 0. The smallest absolute Gasteiger partial charge is 0.0267 e. The van der Waals surface area contributed by atoms with Crippen LogP contribution in [0.4, 0.5) is 0 Å². The van der Waals surface area contributed by atoms with Crippen LogP contribution in [-0.4, -0.2) is 27.3 Å². The van der Waals surface area contributed by atoms with Gasteiger partial charge in [-0.05, 0) is 71.3 Å². The normalized spacial score (nSPS) is 21.5. The maximum absolute atomic E-state index is 3.78. The molecule has 0 aliphatic heterocycles. The van der Waals surface area contributed by atoms with E-state index in [9.17, 15) is 0 Å². The standard InChI is InChI=1S/2C10H15.C5H5N.CH3Te.Zr/c2*1-6-7(2)9(4)10(5)8(6)3;1-2-4-6-5-3-1;1-2;/h2*1-5H3;1-5H;1H3;. The summed E-state index contributed by atoms with van der Waals surface area (Å²) in [4.78, 5) is 5.79. The summed E-state index contributed by atoms with van der Waals surface area (Å²) >= 11 is 1.95. The van der Waals surface area contributed by atoms with Crippen molar-refractivity contribution in [3.05, 3.63) is 89.8 Å². The van der Waals surface area contributed by atoms with Gasteiger partial charge in [0.15, 0.2) is 0 Å². The Hall–Kier alpha value is 0.823. The Labute approximate surface area is 216 Å². The number of nitrogens with zero attached hydrogens (tertiary/aromatic N) is 1. The monoisotopic (exact) mass is 584 g/mol. The third-order valence-electron chi connectivity index (χ3n) is 6.19. The molecule has 0 atom stereocenters. The van der Waals surface area contributed by atoms with Crippen molar-refractivity contribution in [3.63, 3.8) is 0 Å². The Morgan fingerprint density at radius 1 is 0.414 bits per heavy atom. The van der Waals surface area contributed by atoms with Gasteiger partial charge >= 0.3 is 27.3 Å². The van der Waals surface area contributed by atoms with Crippen LogP contribution in [-0.2, 0) is 26.2 Å². The Kier molecular flexibility index (Phi) is 18.2. The molecule has 3 heteroatoms. The van der Waals surface area contributed by atoms with Crippen molar-refractivity contribution in [2.24, 2.45) is 0 Å². The summed E-state index contributed by atoms with van der Waals surface area (Å²) in [6.45, 7) is 22.0. The van der Waals surface area contributed by atoms with Crippen molar-refractivity contribution in [1.29, 1.82) is 0 Å². The first-order valence-corrected chi connectivity index (χ1v) is 12.1. The number of pyridine rings is 1. The van der Waals surface area contributed by atoms with Crippen LogP contribution in [0, 0.1) is 59.2 Å². The maximum Gasteiger partial charge on any atom is 0.0267 e. The predicted octanol–water partition coefficient (Wildman–Crippen LogP) is 7.23. The predicted molar refractivity (Wildman–Crippen MR) is 125 cm³/mol. The van der Waals surface area contributed by atoms with Gasteiger partial charge in [0, 0.05) is 38.6 Å². The van der Waals surface area contributed by atoms with Crippen molar-refractivity contribution < 1.29 is 26.2 Å². The molecule has 0 spiro atoms. The van der Waals surface area contributed by atoms with E-state index in [1.807, 2.05) is 45.5 Å². The molecule has 0 bridgehead atoms. The number of hydrogen-bond acceptors (Lipinski definition) is 1. The minimum atomic E-state index is 0. The molecule has 0 aromatic carbocycles. The van der Waals surface area contributed by atoms with Crippen LogP contribution in [0.15, 0.2) is 30.6 Å². The van der Waals surface area contributed by atoms with E-state index < -0.39 is 0 Å². The summed E-state index contributed by atoms with van der Waals surface area (Å²) in [7, 11) is 0. The van der Waals surface area contributed by atoms with Gasteiger partial charge in [-0.25, -0.2) is 0 Å². The SMILES string of the molecule is C[C]1[C](C)[C](C)[C](C)[C]1C.C[C]1[C](C)[C](C)[C](C)[C]1C.C[Te].[Zr].c1ccncc1. The fraction of sp³-hybridized carbons (Fsp3) is 0.423. The first kappa shape index (κ1) is 32.0. The van der Waals surface area contributed by atoms with Crippen molar-refractivity contribution >= 4 is 22.3 Å². The molecule has 0 saturated heterocycles. The second kappa shape index (κ2) is 16.5. The molecule has 2 aliphatic carbocycles. The molecule has 2 saturated carbocycles. The fourth-order valence-electron chi connectivity index (χ4n) is 3.13. The molecule has 2 fully saturated rings. The maximum atomic E-state index is 3.78. The third-order valence-corrected chi connectivity index (χ3v) is 6.19. The summed E-state index contributed by atoms with van der Waals surface area (Å²) in [5.41, 5.74) is 0.